The number of hydrogen-bond donors (Lipinski definition) is 0. The molecule has 0 unspecified atom stereocenters. The van der Waals surface area contributed by atoms with Gasteiger partial charge in [0.15, 0.2) is 11.6 Å². The Labute approximate surface area is 139 Å². The van der Waals surface area contributed by atoms with Gasteiger partial charge in [0.05, 0.1) is 11.5 Å². The van der Waals surface area contributed by atoms with E-state index in [9.17, 15) is 10.1 Å². The van der Waals surface area contributed by atoms with E-state index < -0.39 is 4.92 Å². The third kappa shape index (κ3) is 3.22. The number of hydrogen-bond acceptors (Lipinski definition) is 7. The molecule has 8 heteroatoms. The van der Waals surface area contributed by atoms with Crippen molar-refractivity contribution in [1.29, 1.82) is 0 Å². The van der Waals surface area contributed by atoms with Gasteiger partial charge in [-0.2, -0.15) is 0 Å². The molecular formula is C16H19N5O3. The van der Waals surface area contributed by atoms with E-state index >= 15 is 0 Å². The smallest absolute Gasteiger partial charge is 0.311 e. The summed E-state index contributed by atoms with van der Waals surface area (Å²) in [6.45, 7) is 1.22. The zero-order valence-electron chi connectivity index (χ0n) is 13.6. The van der Waals surface area contributed by atoms with Gasteiger partial charge in [-0.05, 0) is 18.2 Å². The van der Waals surface area contributed by atoms with Crippen LogP contribution in [-0.4, -0.2) is 48.2 Å². The van der Waals surface area contributed by atoms with Crippen LogP contribution >= 0.6 is 0 Å². The zero-order chi connectivity index (χ0) is 17.1. The molecule has 1 saturated heterocycles. The maximum absolute atomic E-state index is 11.2. The molecule has 0 bridgehead atoms. The monoisotopic (exact) mass is 329 g/mol. The predicted octanol–water partition coefficient (Wildman–Crippen LogP) is 2.11. The van der Waals surface area contributed by atoms with Gasteiger partial charge in [0.2, 0.25) is 5.82 Å². The fourth-order valence-corrected chi connectivity index (χ4v) is 2.78. The van der Waals surface area contributed by atoms with Crippen LogP contribution in [0.1, 0.15) is 6.42 Å². The van der Waals surface area contributed by atoms with Gasteiger partial charge >= 0.3 is 5.69 Å². The molecule has 2 aromatic rings. The van der Waals surface area contributed by atoms with Crippen molar-refractivity contribution < 1.29 is 9.66 Å². The average molecular weight is 329 g/mol. The Balaban J connectivity index is 1.74. The standard InChI is InChI=1S/C16H19N5O3/c1-19(2)16-14(6-4-9-18-16)24-12-7-10-20(11-12)15-13(21(22)23)5-3-8-17-15/h3-6,8-9,12H,7,10-11H2,1-2H3/t12-/m0/s1. The third-order valence-electron chi connectivity index (χ3n) is 3.88. The molecule has 1 atom stereocenters. The van der Waals surface area contributed by atoms with Crippen molar-refractivity contribution in [1.82, 2.24) is 9.97 Å². The summed E-state index contributed by atoms with van der Waals surface area (Å²) >= 11 is 0. The highest BCUT2D eigenvalue weighted by molar-refractivity contribution is 5.58. The number of ether oxygens (including phenoxy) is 1. The lowest BCUT2D eigenvalue weighted by Gasteiger charge is -2.20. The van der Waals surface area contributed by atoms with Gasteiger partial charge in [0.1, 0.15) is 6.10 Å². The van der Waals surface area contributed by atoms with Crippen molar-refractivity contribution in [2.45, 2.75) is 12.5 Å². The van der Waals surface area contributed by atoms with E-state index in [-0.39, 0.29) is 11.8 Å². The lowest BCUT2D eigenvalue weighted by molar-refractivity contribution is -0.384. The summed E-state index contributed by atoms with van der Waals surface area (Å²) in [6, 6.07) is 6.76. The second-order valence-corrected chi connectivity index (χ2v) is 5.80. The Morgan fingerprint density at radius 2 is 2.04 bits per heavy atom. The summed E-state index contributed by atoms with van der Waals surface area (Å²) in [7, 11) is 3.82. The van der Waals surface area contributed by atoms with Gasteiger partial charge in [-0.1, -0.05) is 0 Å². The maximum atomic E-state index is 11.2. The van der Waals surface area contributed by atoms with E-state index in [2.05, 4.69) is 9.97 Å². The number of rotatable bonds is 5. The molecule has 24 heavy (non-hydrogen) atoms. The van der Waals surface area contributed by atoms with Crippen molar-refractivity contribution in [3.05, 3.63) is 46.8 Å². The fourth-order valence-electron chi connectivity index (χ4n) is 2.78. The van der Waals surface area contributed by atoms with E-state index in [1.165, 1.54) is 6.07 Å². The first-order chi connectivity index (χ1) is 11.6. The average Bonchev–Trinajstić information content (AvgIpc) is 3.03. The Kier molecular flexibility index (Phi) is 4.45. The van der Waals surface area contributed by atoms with Crippen LogP contribution in [0.15, 0.2) is 36.7 Å². The molecule has 3 rings (SSSR count). The Morgan fingerprint density at radius 3 is 2.79 bits per heavy atom. The Bertz CT molecular complexity index is 737. The van der Waals surface area contributed by atoms with Gasteiger partial charge in [0, 0.05) is 45.5 Å². The first-order valence-electron chi connectivity index (χ1n) is 7.69. The summed E-state index contributed by atoms with van der Waals surface area (Å²) in [5.41, 5.74) is 0.0218. The molecule has 126 valence electrons. The van der Waals surface area contributed by atoms with Crippen LogP contribution in [0.2, 0.25) is 0 Å². The van der Waals surface area contributed by atoms with E-state index in [4.69, 9.17) is 4.74 Å². The van der Waals surface area contributed by atoms with Crippen molar-refractivity contribution in [3.63, 3.8) is 0 Å². The summed E-state index contributed by atoms with van der Waals surface area (Å²) < 4.78 is 6.08. The molecule has 0 aromatic carbocycles. The minimum atomic E-state index is -0.401. The maximum Gasteiger partial charge on any atom is 0.311 e. The fraction of sp³-hybridized carbons (Fsp3) is 0.375. The van der Waals surface area contributed by atoms with Crippen LogP contribution in [0, 0.1) is 10.1 Å². The van der Waals surface area contributed by atoms with E-state index in [1.54, 1.807) is 18.5 Å². The van der Waals surface area contributed by atoms with Crippen LogP contribution in [-0.2, 0) is 0 Å². The van der Waals surface area contributed by atoms with E-state index in [1.807, 2.05) is 36.0 Å². The molecule has 0 radical (unpaired) electrons. The van der Waals surface area contributed by atoms with Crippen molar-refractivity contribution >= 4 is 17.3 Å². The number of pyridine rings is 2. The van der Waals surface area contributed by atoms with Gasteiger partial charge in [0.25, 0.3) is 0 Å². The SMILES string of the molecule is CN(C)c1ncccc1O[C@H]1CCN(c2ncccc2[N+](=O)[O-])C1. The first kappa shape index (κ1) is 16.0. The molecule has 8 nitrogen and oxygen atoms in total. The molecule has 2 aromatic heterocycles. The van der Waals surface area contributed by atoms with Crippen LogP contribution in [0.5, 0.6) is 5.75 Å². The van der Waals surface area contributed by atoms with Crippen LogP contribution < -0.4 is 14.5 Å². The molecule has 0 N–H and O–H groups in total. The molecule has 0 spiro atoms. The second kappa shape index (κ2) is 6.69. The molecule has 1 fully saturated rings. The normalized spacial score (nSPS) is 16.9. The third-order valence-corrected chi connectivity index (χ3v) is 3.88. The van der Waals surface area contributed by atoms with Crippen molar-refractivity contribution in [2.75, 3.05) is 37.0 Å². The summed E-state index contributed by atoms with van der Waals surface area (Å²) in [5.74, 6) is 1.87. The summed E-state index contributed by atoms with van der Waals surface area (Å²) in [4.78, 5) is 23.1. The highest BCUT2D eigenvalue weighted by Gasteiger charge is 2.30. The number of anilines is 2. The van der Waals surface area contributed by atoms with E-state index in [0.717, 1.165) is 12.2 Å². The molecule has 1 aliphatic heterocycles. The predicted molar refractivity (Wildman–Crippen MR) is 90.7 cm³/mol. The highest BCUT2D eigenvalue weighted by Crippen LogP contribution is 2.31. The lowest BCUT2D eigenvalue weighted by atomic mass is 10.3. The number of aromatic nitrogens is 2. The molecule has 0 amide bonds. The quantitative estimate of drug-likeness (QED) is 0.613. The van der Waals surface area contributed by atoms with Gasteiger partial charge in [-0.25, -0.2) is 9.97 Å². The lowest BCUT2D eigenvalue weighted by Crippen LogP contribution is -2.26. The minimum Gasteiger partial charge on any atom is -0.485 e. The summed E-state index contributed by atoms with van der Waals surface area (Å²) in [5, 5.41) is 11.2. The molecule has 3 heterocycles. The van der Waals surface area contributed by atoms with Crippen LogP contribution in [0.4, 0.5) is 17.3 Å². The van der Waals surface area contributed by atoms with Crippen molar-refractivity contribution in [3.8, 4) is 5.75 Å². The highest BCUT2D eigenvalue weighted by atomic mass is 16.6. The molecule has 1 aliphatic rings. The molecule has 0 saturated carbocycles. The topological polar surface area (TPSA) is 84.6 Å². The van der Waals surface area contributed by atoms with Gasteiger partial charge in [-0.3, -0.25) is 10.1 Å². The molecule has 0 aliphatic carbocycles. The number of nitrogens with zero attached hydrogens (tertiary/aromatic N) is 5. The van der Waals surface area contributed by atoms with Crippen LogP contribution in [0.3, 0.4) is 0 Å². The van der Waals surface area contributed by atoms with Crippen molar-refractivity contribution in [2.24, 2.45) is 0 Å². The van der Waals surface area contributed by atoms with Crippen LogP contribution in [0.25, 0.3) is 0 Å². The largest absolute Gasteiger partial charge is 0.485 e. The molecular weight excluding hydrogens is 310 g/mol. The summed E-state index contributed by atoms with van der Waals surface area (Å²) in [6.07, 6.45) is 4.01. The zero-order valence-corrected chi connectivity index (χ0v) is 13.6. The second-order valence-electron chi connectivity index (χ2n) is 5.80. The Hall–Kier alpha value is -2.90. The minimum absolute atomic E-state index is 0.0218. The van der Waals surface area contributed by atoms with Gasteiger partial charge < -0.3 is 14.5 Å². The van der Waals surface area contributed by atoms with Gasteiger partial charge in [-0.15, -0.1) is 0 Å². The Morgan fingerprint density at radius 1 is 1.29 bits per heavy atom. The van der Waals surface area contributed by atoms with E-state index in [0.29, 0.717) is 24.7 Å². The number of nitro groups is 1. The first-order valence-corrected chi connectivity index (χ1v) is 7.69.